The molecule has 118 valence electrons. The molecule has 2 rings (SSSR count). The number of hydrogen-bond acceptors (Lipinski definition) is 5. The van der Waals surface area contributed by atoms with Gasteiger partial charge < -0.3 is 19.5 Å². The standard InChI is InChI=1S/C16H26N2O3/c1-5-17-14(15-10-20-6-7-21-15)8-13-12(3)16(19-4)11(2)9-18-13/h9,14-15,17H,5-8,10H2,1-4H3. The molecule has 2 atom stereocenters. The van der Waals surface area contributed by atoms with E-state index in [9.17, 15) is 0 Å². The lowest BCUT2D eigenvalue weighted by molar-refractivity contribution is -0.101. The molecule has 0 amide bonds. The van der Waals surface area contributed by atoms with Crippen molar-refractivity contribution in [2.45, 2.75) is 39.3 Å². The second kappa shape index (κ2) is 7.73. The van der Waals surface area contributed by atoms with Crippen LogP contribution in [0.25, 0.3) is 0 Å². The van der Waals surface area contributed by atoms with Crippen molar-refractivity contribution < 1.29 is 14.2 Å². The monoisotopic (exact) mass is 294 g/mol. The van der Waals surface area contributed by atoms with Crippen LogP contribution in [0.4, 0.5) is 0 Å². The highest BCUT2D eigenvalue weighted by Crippen LogP contribution is 2.25. The number of rotatable bonds is 6. The van der Waals surface area contributed by atoms with Crippen molar-refractivity contribution in [1.82, 2.24) is 10.3 Å². The van der Waals surface area contributed by atoms with Crippen molar-refractivity contribution in [1.29, 1.82) is 0 Å². The first kappa shape index (κ1) is 16.2. The molecule has 1 saturated heterocycles. The summed E-state index contributed by atoms with van der Waals surface area (Å²) in [5.74, 6) is 0.927. The number of aromatic nitrogens is 1. The summed E-state index contributed by atoms with van der Waals surface area (Å²) in [6, 6.07) is 0.203. The van der Waals surface area contributed by atoms with Gasteiger partial charge in [-0.15, -0.1) is 0 Å². The molecule has 0 radical (unpaired) electrons. The van der Waals surface area contributed by atoms with Crippen molar-refractivity contribution in [3.05, 3.63) is 23.0 Å². The van der Waals surface area contributed by atoms with Crippen LogP contribution < -0.4 is 10.1 Å². The second-order valence-corrected chi connectivity index (χ2v) is 5.40. The van der Waals surface area contributed by atoms with Gasteiger partial charge in [0.15, 0.2) is 0 Å². The highest BCUT2D eigenvalue weighted by Gasteiger charge is 2.26. The lowest BCUT2D eigenvalue weighted by Gasteiger charge is -2.31. The van der Waals surface area contributed by atoms with Gasteiger partial charge in [-0.05, 0) is 20.4 Å². The number of likely N-dealkylation sites (N-methyl/N-ethyl adjacent to an activating group) is 1. The van der Waals surface area contributed by atoms with Gasteiger partial charge in [-0.1, -0.05) is 6.92 Å². The minimum absolute atomic E-state index is 0.0761. The van der Waals surface area contributed by atoms with Gasteiger partial charge in [0.1, 0.15) is 5.75 Å². The van der Waals surface area contributed by atoms with E-state index in [-0.39, 0.29) is 12.1 Å². The Hall–Kier alpha value is -1.17. The summed E-state index contributed by atoms with van der Waals surface area (Å²) in [6.45, 7) is 9.07. The van der Waals surface area contributed by atoms with Gasteiger partial charge >= 0.3 is 0 Å². The number of hydrogen-bond donors (Lipinski definition) is 1. The van der Waals surface area contributed by atoms with Gasteiger partial charge in [-0.25, -0.2) is 0 Å². The first-order valence-electron chi connectivity index (χ1n) is 7.59. The Kier molecular flexibility index (Phi) is 5.96. The summed E-state index contributed by atoms with van der Waals surface area (Å²) < 4.78 is 16.9. The van der Waals surface area contributed by atoms with E-state index < -0.39 is 0 Å². The van der Waals surface area contributed by atoms with Crippen molar-refractivity contribution in [3.8, 4) is 5.75 Å². The largest absolute Gasteiger partial charge is 0.496 e. The Morgan fingerprint density at radius 3 is 2.86 bits per heavy atom. The number of pyridine rings is 1. The molecule has 1 fully saturated rings. The Balaban J connectivity index is 2.16. The Morgan fingerprint density at radius 1 is 1.43 bits per heavy atom. The van der Waals surface area contributed by atoms with E-state index in [2.05, 4.69) is 24.1 Å². The van der Waals surface area contributed by atoms with Gasteiger partial charge in [-0.3, -0.25) is 4.98 Å². The molecule has 0 bridgehead atoms. The summed E-state index contributed by atoms with van der Waals surface area (Å²) in [4.78, 5) is 4.59. The third kappa shape index (κ3) is 3.93. The smallest absolute Gasteiger partial charge is 0.128 e. The third-order valence-corrected chi connectivity index (χ3v) is 3.92. The minimum atomic E-state index is 0.0761. The van der Waals surface area contributed by atoms with E-state index in [1.807, 2.05) is 13.1 Å². The maximum Gasteiger partial charge on any atom is 0.128 e. The number of nitrogens with one attached hydrogen (secondary N) is 1. The number of nitrogens with zero attached hydrogens (tertiary/aromatic N) is 1. The maximum atomic E-state index is 5.84. The lowest BCUT2D eigenvalue weighted by Crippen LogP contribution is -2.48. The lowest BCUT2D eigenvalue weighted by atomic mass is 10.0. The molecule has 5 nitrogen and oxygen atoms in total. The molecule has 0 aliphatic carbocycles. The summed E-state index contributed by atoms with van der Waals surface area (Å²) in [5, 5.41) is 3.49. The van der Waals surface area contributed by atoms with Crippen LogP contribution in [0, 0.1) is 13.8 Å². The third-order valence-electron chi connectivity index (χ3n) is 3.92. The molecule has 0 saturated carbocycles. The van der Waals surface area contributed by atoms with Crippen LogP contribution in [0.2, 0.25) is 0 Å². The van der Waals surface area contributed by atoms with Crippen molar-refractivity contribution in [3.63, 3.8) is 0 Å². The number of aryl methyl sites for hydroxylation is 1. The van der Waals surface area contributed by atoms with Crippen LogP contribution in [0.3, 0.4) is 0 Å². The van der Waals surface area contributed by atoms with E-state index in [0.29, 0.717) is 19.8 Å². The van der Waals surface area contributed by atoms with E-state index in [1.54, 1.807) is 7.11 Å². The van der Waals surface area contributed by atoms with Crippen molar-refractivity contribution in [2.75, 3.05) is 33.5 Å². The highest BCUT2D eigenvalue weighted by atomic mass is 16.6. The van der Waals surface area contributed by atoms with Crippen LogP contribution in [0.5, 0.6) is 5.75 Å². The normalized spacial score (nSPS) is 20.3. The highest BCUT2D eigenvalue weighted by molar-refractivity contribution is 5.41. The fourth-order valence-electron chi connectivity index (χ4n) is 2.82. The first-order chi connectivity index (χ1) is 10.2. The van der Waals surface area contributed by atoms with Gasteiger partial charge in [-0.2, -0.15) is 0 Å². The van der Waals surface area contributed by atoms with Crippen LogP contribution >= 0.6 is 0 Å². The molecule has 1 aliphatic heterocycles. The number of methoxy groups -OCH3 is 1. The summed E-state index contributed by atoms with van der Waals surface area (Å²) in [6.07, 6.45) is 2.76. The van der Waals surface area contributed by atoms with Crippen LogP contribution in [0.1, 0.15) is 23.7 Å². The van der Waals surface area contributed by atoms with Crippen LogP contribution in [-0.4, -0.2) is 50.6 Å². The quantitative estimate of drug-likeness (QED) is 0.864. The first-order valence-corrected chi connectivity index (χ1v) is 7.59. The second-order valence-electron chi connectivity index (χ2n) is 5.40. The topological polar surface area (TPSA) is 52.6 Å². The molecule has 1 aromatic heterocycles. The zero-order chi connectivity index (χ0) is 15.2. The van der Waals surface area contributed by atoms with Crippen molar-refractivity contribution in [2.24, 2.45) is 0 Å². The van der Waals surface area contributed by atoms with E-state index in [0.717, 1.165) is 35.5 Å². The minimum Gasteiger partial charge on any atom is -0.496 e. The molecule has 1 aliphatic rings. The van der Waals surface area contributed by atoms with Gasteiger partial charge in [0.2, 0.25) is 0 Å². The zero-order valence-corrected chi connectivity index (χ0v) is 13.4. The van der Waals surface area contributed by atoms with Gasteiger partial charge in [0.25, 0.3) is 0 Å². The number of ether oxygens (including phenoxy) is 3. The molecule has 1 N–H and O–H groups in total. The molecular weight excluding hydrogens is 268 g/mol. The predicted octanol–water partition coefficient (Wildman–Crippen LogP) is 1.64. The Bertz CT molecular complexity index is 459. The van der Waals surface area contributed by atoms with Crippen LogP contribution in [-0.2, 0) is 15.9 Å². The molecule has 1 aromatic rings. The van der Waals surface area contributed by atoms with Gasteiger partial charge in [0, 0.05) is 35.5 Å². The van der Waals surface area contributed by atoms with Crippen molar-refractivity contribution >= 4 is 0 Å². The molecule has 0 spiro atoms. The average molecular weight is 294 g/mol. The Morgan fingerprint density at radius 2 is 2.24 bits per heavy atom. The van der Waals surface area contributed by atoms with E-state index in [4.69, 9.17) is 14.2 Å². The molecule has 2 unspecified atom stereocenters. The van der Waals surface area contributed by atoms with Gasteiger partial charge in [0.05, 0.1) is 33.0 Å². The molecule has 2 heterocycles. The predicted molar refractivity (Wildman–Crippen MR) is 82.0 cm³/mol. The summed E-state index contributed by atoms with van der Waals surface area (Å²) in [7, 11) is 1.71. The fourth-order valence-corrected chi connectivity index (χ4v) is 2.82. The summed E-state index contributed by atoms with van der Waals surface area (Å²) in [5.41, 5.74) is 3.23. The molecule has 5 heteroatoms. The fraction of sp³-hybridized carbons (Fsp3) is 0.688. The molecular formula is C16H26N2O3. The zero-order valence-electron chi connectivity index (χ0n) is 13.4. The maximum absolute atomic E-state index is 5.84. The van der Waals surface area contributed by atoms with E-state index >= 15 is 0 Å². The summed E-state index contributed by atoms with van der Waals surface area (Å²) >= 11 is 0. The Labute approximate surface area is 127 Å². The average Bonchev–Trinajstić information content (AvgIpc) is 2.51. The van der Waals surface area contributed by atoms with E-state index in [1.165, 1.54) is 0 Å². The molecule has 0 aromatic carbocycles. The molecule has 21 heavy (non-hydrogen) atoms. The SMILES string of the molecule is CCNC(Cc1ncc(C)c(OC)c1C)C1COCCO1. The van der Waals surface area contributed by atoms with Crippen LogP contribution in [0.15, 0.2) is 6.20 Å².